The molecule has 136 valence electrons. The highest BCUT2D eigenvalue weighted by Gasteiger charge is 2.35. The molecule has 3 rings (SSSR count). The molecule has 1 aliphatic rings. The number of methoxy groups -OCH3 is 2. The third-order valence-electron chi connectivity index (χ3n) is 4.27. The highest BCUT2D eigenvalue weighted by Crippen LogP contribution is 2.34. The van der Waals surface area contributed by atoms with Crippen LogP contribution in [0.3, 0.4) is 0 Å². The predicted molar refractivity (Wildman–Crippen MR) is 103 cm³/mol. The minimum atomic E-state index is -0.408. The van der Waals surface area contributed by atoms with E-state index in [1.807, 2.05) is 24.3 Å². The van der Waals surface area contributed by atoms with Gasteiger partial charge in [-0.15, -0.1) is 0 Å². The molecular formula is C19H19BrN2O4. The SMILES string of the molecule is COc1ccc(N2CC(C(=O)Nc3cccc(Br)c3)CC2=O)cc1OC. The van der Waals surface area contributed by atoms with Gasteiger partial charge in [-0.1, -0.05) is 22.0 Å². The Morgan fingerprint density at radius 1 is 1.15 bits per heavy atom. The molecular weight excluding hydrogens is 400 g/mol. The summed E-state index contributed by atoms with van der Waals surface area (Å²) in [6, 6.07) is 12.6. The van der Waals surface area contributed by atoms with E-state index in [2.05, 4.69) is 21.2 Å². The van der Waals surface area contributed by atoms with Gasteiger partial charge in [-0.2, -0.15) is 0 Å². The van der Waals surface area contributed by atoms with Crippen LogP contribution in [0.5, 0.6) is 11.5 Å². The van der Waals surface area contributed by atoms with E-state index in [0.717, 1.165) is 4.47 Å². The summed E-state index contributed by atoms with van der Waals surface area (Å²) in [5, 5.41) is 2.87. The number of nitrogens with zero attached hydrogens (tertiary/aromatic N) is 1. The highest BCUT2D eigenvalue weighted by atomic mass is 79.9. The molecule has 0 bridgehead atoms. The Labute approximate surface area is 160 Å². The highest BCUT2D eigenvalue weighted by molar-refractivity contribution is 9.10. The van der Waals surface area contributed by atoms with Gasteiger partial charge in [0.05, 0.1) is 20.1 Å². The molecule has 0 aromatic heterocycles. The number of carbonyl (C=O) groups is 2. The van der Waals surface area contributed by atoms with E-state index in [1.165, 1.54) is 0 Å². The summed E-state index contributed by atoms with van der Waals surface area (Å²) in [7, 11) is 3.10. The van der Waals surface area contributed by atoms with E-state index in [4.69, 9.17) is 9.47 Å². The fourth-order valence-electron chi connectivity index (χ4n) is 2.94. The number of anilines is 2. The van der Waals surface area contributed by atoms with Crippen molar-refractivity contribution < 1.29 is 19.1 Å². The van der Waals surface area contributed by atoms with Crippen LogP contribution in [-0.4, -0.2) is 32.6 Å². The van der Waals surface area contributed by atoms with Crippen molar-refractivity contribution in [2.45, 2.75) is 6.42 Å². The smallest absolute Gasteiger partial charge is 0.229 e. The lowest BCUT2D eigenvalue weighted by Gasteiger charge is -2.18. The molecule has 2 amide bonds. The van der Waals surface area contributed by atoms with E-state index in [-0.39, 0.29) is 18.2 Å². The number of benzene rings is 2. The molecule has 0 spiro atoms. The molecule has 1 heterocycles. The molecule has 1 atom stereocenters. The summed E-state index contributed by atoms with van der Waals surface area (Å²) < 4.78 is 11.4. The van der Waals surface area contributed by atoms with Crippen molar-refractivity contribution in [2.75, 3.05) is 31.0 Å². The van der Waals surface area contributed by atoms with Crippen LogP contribution in [0, 0.1) is 5.92 Å². The first-order valence-electron chi connectivity index (χ1n) is 8.10. The number of nitrogens with one attached hydrogen (secondary N) is 1. The molecule has 1 unspecified atom stereocenters. The van der Waals surface area contributed by atoms with Crippen LogP contribution in [0.4, 0.5) is 11.4 Å². The number of hydrogen-bond donors (Lipinski definition) is 1. The van der Waals surface area contributed by atoms with E-state index in [9.17, 15) is 9.59 Å². The second kappa shape index (κ2) is 7.78. The fraction of sp³-hybridized carbons (Fsp3) is 0.263. The molecule has 1 saturated heterocycles. The summed E-state index contributed by atoms with van der Waals surface area (Å²) >= 11 is 3.37. The van der Waals surface area contributed by atoms with Crippen molar-refractivity contribution in [3.63, 3.8) is 0 Å². The Bertz CT molecular complexity index is 840. The number of hydrogen-bond acceptors (Lipinski definition) is 4. The number of ether oxygens (including phenoxy) is 2. The zero-order valence-corrected chi connectivity index (χ0v) is 16.1. The van der Waals surface area contributed by atoms with Crippen LogP contribution in [0.25, 0.3) is 0 Å². The van der Waals surface area contributed by atoms with Crippen molar-refractivity contribution in [2.24, 2.45) is 5.92 Å². The van der Waals surface area contributed by atoms with Gasteiger partial charge in [-0.25, -0.2) is 0 Å². The van der Waals surface area contributed by atoms with Gasteiger partial charge in [0.25, 0.3) is 0 Å². The van der Waals surface area contributed by atoms with Gasteiger partial charge >= 0.3 is 0 Å². The standard InChI is InChI=1S/C19H19BrN2O4/c1-25-16-7-6-15(10-17(16)26-2)22-11-12(8-18(22)23)19(24)21-14-5-3-4-13(20)9-14/h3-7,9-10,12H,8,11H2,1-2H3,(H,21,24). The number of carbonyl (C=O) groups excluding carboxylic acids is 2. The number of halogens is 1. The Balaban J connectivity index is 1.73. The summed E-state index contributed by atoms with van der Waals surface area (Å²) in [6.07, 6.45) is 0.175. The molecule has 1 aliphatic heterocycles. The van der Waals surface area contributed by atoms with Crippen LogP contribution < -0.4 is 19.7 Å². The van der Waals surface area contributed by atoms with Gasteiger partial charge in [0.2, 0.25) is 11.8 Å². The fourth-order valence-corrected chi connectivity index (χ4v) is 3.34. The van der Waals surface area contributed by atoms with E-state index in [0.29, 0.717) is 29.4 Å². The predicted octanol–water partition coefficient (Wildman–Crippen LogP) is 3.46. The average molecular weight is 419 g/mol. The summed E-state index contributed by atoms with van der Waals surface area (Å²) in [6.45, 7) is 0.328. The minimum absolute atomic E-state index is 0.0911. The van der Waals surface area contributed by atoms with Crippen LogP contribution >= 0.6 is 15.9 Å². The van der Waals surface area contributed by atoms with Gasteiger partial charge in [0.15, 0.2) is 11.5 Å². The Morgan fingerprint density at radius 3 is 2.62 bits per heavy atom. The molecule has 2 aromatic rings. The Hall–Kier alpha value is -2.54. The molecule has 0 aliphatic carbocycles. The summed E-state index contributed by atoms with van der Waals surface area (Å²) in [4.78, 5) is 26.5. The van der Waals surface area contributed by atoms with E-state index in [1.54, 1.807) is 37.3 Å². The zero-order chi connectivity index (χ0) is 18.7. The molecule has 0 radical (unpaired) electrons. The quantitative estimate of drug-likeness (QED) is 0.806. The van der Waals surface area contributed by atoms with Gasteiger partial charge in [0.1, 0.15) is 0 Å². The second-order valence-corrected chi connectivity index (χ2v) is 6.86. The van der Waals surface area contributed by atoms with Crippen molar-refractivity contribution in [1.29, 1.82) is 0 Å². The maximum absolute atomic E-state index is 12.5. The third kappa shape index (κ3) is 3.83. The minimum Gasteiger partial charge on any atom is -0.493 e. The molecule has 0 saturated carbocycles. The van der Waals surface area contributed by atoms with Gasteiger partial charge in [-0.3, -0.25) is 9.59 Å². The first-order chi connectivity index (χ1) is 12.5. The normalized spacial score (nSPS) is 16.5. The van der Waals surface area contributed by atoms with Crippen molar-refractivity contribution in [3.05, 3.63) is 46.9 Å². The Kier molecular flexibility index (Phi) is 5.46. The Morgan fingerprint density at radius 2 is 1.92 bits per heavy atom. The maximum atomic E-state index is 12.5. The van der Waals surface area contributed by atoms with Crippen LogP contribution in [0.1, 0.15) is 6.42 Å². The average Bonchev–Trinajstić information content (AvgIpc) is 3.03. The molecule has 1 fully saturated rings. The van der Waals surface area contributed by atoms with E-state index >= 15 is 0 Å². The second-order valence-electron chi connectivity index (χ2n) is 5.94. The van der Waals surface area contributed by atoms with Crippen molar-refractivity contribution in [3.8, 4) is 11.5 Å². The van der Waals surface area contributed by atoms with Gasteiger partial charge in [0, 0.05) is 34.9 Å². The van der Waals surface area contributed by atoms with Crippen molar-refractivity contribution in [1.82, 2.24) is 0 Å². The van der Waals surface area contributed by atoms with Crippen LogP contribution in [-0.2, 0) is 9.59 Å². The van der Waals surface area contributed by atoms with Gasteiger partial charge < -0.3 is 19.7 Å². The molecule has 6 nitrogen and oxygen atoms in total. The number of amides is 2. The molecule has 2 aromatic carbocycles. The van der Waals surface area contributed by atoms with Crippen molar-refractivity contribution >= 4 is 39.1 Å². The van der Waals surface area contributed by atoms with Crippen LogP contribution in [0.2, 0.25) is 0 Å². The lowest BCUT2D eigenvalue weighted by molar-refractivity contribution is -0.122. The first kappa shape index (κ1) is 18.3. The number of rotatable bonds is 5. The molecule has 7 heteroatoms. The first-order valence-corrected chi connectivity index (χ1v) is 8.90. The third-order valence-corrected chi connectivity index (χ3v) is 4.76. The topological polar surface area (TPSA) is 67.9 Å². The monoisotopic (exact) mass is 418 g/mol. The maximum Gasteiger partial charge on any atom is 0.229 e. The molecule has 26 heavy (non-hydrogen) atoms. The van der Waals surface area contributed by atoms with Gasteiger partial charge in [-0.05, 0) is 30.3 Å². The lowest BCUT2D eigenvalue weighted by atomic mass is 10.1. The zero-order valence-electron chi connectivity index (χ0n) is 14.5. The van der Waals surface area contributed by atoms with E-state index < -0.39 is 5.92 Å². The lowest BCUT2D eigenvalue weighted by Crippen LogP contribution is -2.28. The van der Waals surface area contributed by atoms with Crippen LogP contribution in [0.15, 0.2) is 46.9 Å². The summed E-state index contributed by atoms with van der Waals surface area (Å²) in [5.41, 5.74) is 1.38. The molecule has 1 N–H and O–H groups in total. The summed E-state index contributed by atoms with van der Waals surface area (Å²) in [5.74, 6) is 0.465. The largest absolute Gasteiger partial charge is 0.493 e.